The smallest absolute Gasteiger partial charge is 0.271 e. The highest BCUT2D eigenvalue weighted by Crippen LogP contribution is 2.30. The van der Waals surface area contributed by atoms with Gasteiger partial charge in [0.05, 0.1) is 13.2 Å². The Kier molecular flexibility index (Phi) is 4.56. The van der Waals surface area contributed by atoms with E-state index in [1.807, 2.05) is 18.2 Å². The van der Waals surface area contributed by atoms with Crippen molar-refractivity contribution in [3.63, 3.8) is 0 Å². The maximum Gasteiger partial charge on any atom is 0.271 e. The summed E-state index contributed by atoms with van der Waals surface area (Å²) < 4.78 is 11.2. The Morgan fingerprint density at radius 1 is 1.17 bits per heavy atom. The molecule has 1 amide bonds. The molecule has 0 radical (unpaired) electrons. The average Bonchev–Trinajstić information content (AvgIpc) is 2.80. The van der Waals surface area contributed by atoms with Crippen LogP contribution < -0.4 is 20.3 Å². The second kappa shape index (κ2) is 6.95. The molecule has 7 nitrogen and oxygen atoms in total. The highest BCUT2D eigenvalue weighted by Gasteiger charge is 2.11. The van der Waals surface area contributed by atoms with E-state index in [4.69, 9.17) is 9.47 Å². The van der Waals surface area contributed by atoms with Crippen molar-refractivity contribution in [2.24, 2.45) is 0 Å². The first-order chi connectivity index (χ1) is 11.2. The van der Waals surface area contributed by atoms with E-state index >= 15 is 0 Å². The molecule has 1 aromatic heterocycles. The lowest BCUT2D eigenvalue weighted by molar-refractivity contribution is 0.0948. The summed E-state index contributed by atoms with van der Waals surface area (Å²) >= 11 is 0. The van der Waals surface area contributed by atoms with Gasteiger partial charge < -0.3 is 14.8 Å². The molecule has 1 aliphatic heterocycles. The number of aromatic amines is 1. The Morgan fingerprint density at radius 3 is 2.78 bits per heavy atom. The molecule has 0 unspecified atom stereocenters. The maximum atomic E-state index is 11.9. The summed E-state index contributed by atoms with van der Waals surface area (Å²) in [6.07, 6.45) is 1.53. The van der Waals surface area contributed by atoms with Gasteiger partial charge in [-0.2, -0.15) is 5.10 Å². The van der Waals surface area contributed by atoms with Gasteiger partial charge in [-0.1, -0.05) is 6.07 Å². The molecule has 0 aliphatic carbocycles. The van der Waals surface area contributed by atoms with Gasteiger partial charge in [0.25, 0.3) is 11.5 Å². The highest BCUT2D eigenvalue weighted by atomic mass is 16.5. The zero-order chi connectivity index (χ0) is 16.1. The van der Waals surface area contributed by atoms with Crippen LogP contribution in [0.2, 0.25) is 0 Å². The van der Waals surface area contributed by atoms with Crippen molar-refractivity contribution in [1.82, 2.24) is 15.5 Å². The normalized spacial score (nSPS) is 13.2. The summed E-state index contributed by atoms with van der Waals surface area (Å²) in [6.45, 7) is 1.76. The minimum Gasteiger partial charge on any atom is -0.490 e. The lowest BCUT2D eigenvalue weighted by Crippen LogP contribution is -2.27. The molecule has 0 bridgehead atoms. The third-order valence-corrected chi connectivity index (χ3v) is 3.42. The minimum atomic E-state index is -0.339. The fourth-order valence-electron chi connectivity index (χ4n) is 2.25. The van der Waals surface area contributed by atoms with E-state index in [2.05, 4.69) is 15.5 Å². The number of benzene rings is 1. The van der Waals surface area contributed by atoms with Crippen LogP contribution in [0.25, 0.3) is 0 Å². The summed E-state index contributed by atoms with van der Waals surface area (Å²) in [5.41, 5.74) is 0.890. The Hall–Kier alpha value is -2.83. The third kappa shape index (κ3) is 3.88. The van der Waals surface area contributed by atoms with Crippen molar-refractivity contribution in [3.8, 4) is 11.5 Å². The second-order valence-electron chi connectivity index (χ2n) is 5.14. The lowest BCUT2D eigenvalue weighted by Gasteiger charge is -2.09. The maximum absolute atomic E-state index is 11.9. The number of fused-ring (bicyclic) bond motifs is 1. The zero-order valence-electron chi connectivity index (χ0n) is 12.5. The molecule has 0 saturated carbocycles. The van der Waals surface area contributed by atoms with Crippen LogP contribution in [-0.4, -0.2) is 35.9 Å². The van der Waals surface area contributed by atoms with Crippen LogP contribution in [0.4, 0.5) is 0 Å². The van der Waals surface area contributed by atoms with Crippen molar-refractivity contribution >= 4 is 5.91 Å². The first-order valence-electron chi connectivity index (χ1n) is 7.45. The number of aromatic nitrogens is 2. The first kappa shape index (κ1) is 15.1. The van der Waals surface area contributed by atoms with E-state index in [0.29, 0.717) is 26.2 Å². The SMILES string of the molecule is O=C(NCCc1ccc2c(c1)OCCCO2)c1ccc(=O)[nH]n1. The predicted octanol–water partition coefficient (Wildman–Crippen LogP) is 0.904. The fourth-order valence-corrected chi connectivity index (χ4v) is 2.25. The third-order valence-electron chi connectivity index (χ3n) is 3.42. The van der Waals surface area contributed by atoms with Crippen molar-refractivity contribution < 1.29 is 14.3 Å². The lowest BCUT2D eigenvalue weighted by atomic mass is 10.1. The molecular formula is C16H17N3O4. The Morgan fingerprint density at radius 2 is 2.00 bits per heavy atom. The largest absolute Gasteiger partial charge is 0.490 e. The zero-order valence-corrected chi connectivity index (χ0v) is 12.5. The van der Waals surface area contributed by atoms with Crippen LogP contribution in [-0.2, 0) is 6.42 Å². The van der Waals surface area contributed by atoms with Crippen molar-refractivity contribution in [2.75, 3.05) is 19.8 Å². The van der Waals surface area contributed by atoms with Gasteiger partial charge >= 0.3 is 0 Å². The molecule has 0 atom stereocenters. The van der Waals surface area contributed by atoms with Gasteiger partial charge in [0, 0.05) is 19.0 Å². The van der Waals surface area contributed by atoms with Crippen LogP contribution in [0, 0.1) is 0 Å². The van der Waals surface area contributed by atoms with Crippen molar-refractivity contribution in [1.29, 1.82) is 0 Å². The summed E-state index contributed by atoms with van der Waals surface area (Å²) in [7, 11) is 0. The number of nitrogens with zero attached hydrogens (tertiary/aromatic N) is 1. The molecule has 7 heteroatoms. The Balaban J connectivity index is 1.56. The van der Waals surface area contributed by atoms with E-state index in [0.717, 1.165) is 23.5 Å². The molecule has 1 aromatic carbocycles. The minimum absolute atomic E-state index is 0.184. The highest BCUT2D eigenvalue weighted by molar-refractivity contribution is 5.91. The molecule has 0 fully saturated rings. The van der Waals surface area contributed by atoms with Gasteiger partial charge in [0.2, 0.25) is 0 Å². The number of ether oxygens (including phenoxy) is 2. The topological polar surface area (TPSA) is 93.3 Å². The van der Waals surface area contributed by atoms with Crippen LogP contribution in [0.5, 0.6) is 11.5 Å². The van der Waals surface area contributed by atoms with Gasteiger partial charge in [-0.3, -0.25) is 9.59 Å². The van der Waals surface area contributed by atoms with E-state index in [1.54, 1.807) is 0 Å². The fraction of sp³-hybridized carbons (Fsp3) is 0.312. The Bertz CT molecular complexity index is 737. The molecule has 0 saturated heterocycles. The number of H-pyrrole nitrogens is 1. The summed E-state index contributed by atoms with van der Waals surface area (Å²) in [4.78, 5) is 22.8. The van der Waals surface area contributed by atoms with Crippen molar-refractivity contribution in [3.05, 3.63) is 51.9 Å². The average molecular weight is 315 g/mol. The summed E-state index contributed by atoms with van der Waals surface area (Å²) in [6, 6.07) is 8.44. The first-order valence-corrected chi connectivity index (χ1v) is 7.45. The van der Waals surface area contributed by atoms with E-state index in [1.165, 1.54) is 12.1 Å². The molecule has 3 rings (SSSR count). The number of rotatable bonds is 4. The number of carbonyl (C=O) groups is 1. The van der Waals surface area contributed by atoms with E-state index in [-0.39, 0.29) is 17.2 Å². The van der Waals surface area contributed by atoms with Crippen LogP contribution >= 0.6 is 0 Å². The number of hydrogen-bond acceptors (Lipinski definition) is 5. The van der Waals surface area contributed by atoms with Crippen molar-refractivity contribution in [2.45, 2.75) is 12.8 Å². The number of nitrogens with one attached hydrogen (secondary N) is 2. The second-order valence-corrected chi connectivity index (χ2v) is 5.14. The molecule has 1 aliphatic rings. The van der Waals surface area contributed by atoms with Gasteiger partial charge in [0.15, 0.2) is 11.5 Å². The van der Waals surface area contributed by atoms with E-state index in [9.17, 15) is 9.59 Å². The standard InChI is InChI=1S/C16H17N3O4/c20-15-5-3-12(18-19-15)16(21)17-7-6-11-2-4-13-14(10-11)23-9-1-8-22-13/h2-5,10H,1,6-9H2,(H,17,21)(H,19,20). The van der Waals surface area contributed by atoms with Crippen LogP contribution in [0.15, 0.2) is 35.1 Å². The molecule has 2 heterocycles. The molecule has 2 aromatic rings. The number of amides is 1. The van der Waals surface area contributed by atoms with Crippen LogP contribution in [0.1, 0.15) is 22.5 Å². The quantitative estimate of drug-likeness (QED) is 0.874. The van der Waals surface area contributed by atoms with Gasteiger partial charge in [-0.05, 0) is 30.2 Å². The molecule has 0 spiro atoms. The summed E-state index contributed by atoms with van der Waals surface area (Å²) in [5, 5.41) is 8.68. The molecule has 23 heavy (non-hydrogen) atoms. The molecular weight excluding hydrogens is 298 g/mol. The summed E-state index contributed by atoms with van der Waals surface area (Å²) in [5.74, 6) is 1.18. The van der Waals surface area contributed by atoms with Gasteiger partial charge in [-0.15, -0.1) is 0 Å². The number of carbonyl (C=O) groups excluding carboxylic acids is 1. The van der Waals surface area contributed by atoms with Gasteiger partial charge in [-0.25, -0.2) is 5.10 Å². The van der Waals surface area contributed by atoms with Crippen LogP contribution in [0.3, 0.4) is 0 Å². The monoisotopic (exact) mass is 315 g/mol. The molecule has 2 N–H and O–H groups in total. The predicted molar refractivity (Wildman–Crippen MR) is 82.9 cm³/mol. The van der Waals surface area contributed by atoms with Gasteiger partial charge in [0.1, 0.15) is 5.69 Å². The molecule has 120 valence electrons. The Labute approximate surface area is 132 Å². The number of hydrogen-bond donors (Lipinski definition) is 2. The van der Waals surface area contributed by atoms with E-state index < -0.39 is 0 Å².